The van der Waals surface area contributed by atoms with E-state index >= 15 is 0 Å². The SMILES string of the molecule is N=C(NN)OS(=O)(=O)c1ccccc1. The molecule has 0 saturated carbocycles. The molecule has 0 aliphatic carbocycles. The van der Waals surface area contributed by atoms with Crippen LogP contribution in [0.1, 0.15) is 0 Å². The Hall–Kier alpha value is -1.60. The molecule has 0 heterocycles. The minimum Gasteiger partial charge on any atom is -0.341 e. The zero-order valence-corrected chi connectivity index (χ0v) is 7.91. The van der Waals surface area contributed by atoms with Crippen LogP contribution in [0.3, 0.4) is 0 Å². The molecule has 76 valence electrons. The summed E-state index contributed by atoms with van der Waals surface area (Å²) in [5.74, 6) is 4.79. The highest BCUT2D eigenvalue weighted by Crippen LogP contribution is 2.10. The lowest BCUT2D eigenvalue weighted by Gasteiger charge is -2.05. The third-order valence-electron chi connectivity index (χ3n) is 1.36. The average Bonchev–Trinajstić information content (AvgIpc) is 2.18. The second-order valence-electron chi connectivity index (χ2n) is 2.32. The normalized spacial score (nSPS) is 10.6. The quantitative estimate of drug-likeness (QED) is 0.208. The van der Waals surface area contributed by atoms with Gasteiger partial charge in [0.1, 0.15) is 4.90 Å². The Morgan fingerprint density at radius 3 is 2.43 bits per heavy atom. The summed E-state index contributed by atoms with van der Waals surface area (Å²) in [6.07, 6.45) is 0. The van der Waals surface area contributed by atoms with Crippen molar-refractivity contribution in [3.8, 4) is 0 Å². The van der Waals surface area contributed by atoms with Crippen LogP contribution in [-0.4, -0.2) is 14.4 Å². The Labute approximate surface area is 81.3 Å². The van der Waals surface area contributed by atoms with Crippen molar-refractivity contribution in [1.82, 2.24) is 5.43 Å². The topological polar surface area (TPSA) is 105 Å². The Morgan fingerprint density at radius 1 is 1.36 bits per heavy atom. The van der Waals surface area contributed by atoms with Gasteiger partial charge in [-0.2, -0.15) is 8.42 Å². The van der Waals surface area contributed by atoms with E-state index in [-0.39, 0.29) is 4.90 Å². The van der Waals surface area contributed by atoms with Gasteiger partial charge in [0.05, 0.1) is 0 Å². The molecule has 0 radical (unpaired) electrons. The fourth-order valence-electron chi connectivity index (χ4n) is 0.769. The van der Waals surface area contributed by atoms with E-state index in [2.05, 4.69) is 4.18 Å². The maximum atomic E-state index is 11.3. The van der Waals surface area contributed by atoms with E-state index in [1.165, 1.54) is 12.1 Å². The maximum Gasteiger partial charge on any atom is 0.341 e. The highest BCUT2D eigenvalue weighted by atomic mass is 32.2. The highest BCUT2D eigenvalue weighted by molar-refractivity contribution is 7.87. The second kappa shape index (κ2) is 4.07. The van der Waals surface area contributed by atoms with Gasteiger partial charge in [0.2, 0.25) is 0 Å². The minimum atomic E-state index is -3.94. The summed E-state index contributed by atoms with van der Waals surface area (Å²) in [5.41, 5.74) is 1.77. The Morgan fingerprint density at radius 2 is 1.93 bits per heavy atom. The number of nitrogens with two attached hydrogens (primary N) is 1. The molecule has 7 heteroatoms. The predicted molar refractivity (Wildman–Crippen MR) is 49.8 cm³/mol. The van der Waals surface area contributed by atoms with Gasteiger partial charge in [-0.05, 0) is 12.1 Å². The van der Waals surface area contributed by atoms with E-state index in [4.69, 9.17) is 11.3 Å². The molecule has 0 aliphatic heterocycles. The van der Waals surface area contributed by atoms with Crippen molar-refractivity contribution in [2.45, 2.75) is 4.90 Å². The fourth-order valence-corrected chi connectivity index (χ4v) is 1.62. The largest absolute Gasteiger partial charge is 0.341 e. The predicted octanol–water partition coefficient (Wildman–Crippen LogP) is -0.210. The van der Waals surface area contributed by atoms with Gasteiger partial charge in [0.15, 0.2) is 0 Å². The molecule has 1 rings (SSSR count). The summed E-state index contributed by atoms with van der Waals surface area (Å²) in [5, 5.41) is 6.90. The molecule has 0 atom stereocenters. The van der Waals surface area contributed by atoms with Crippen LogP contribution in [0.25, 0.3) is 0 Å². The molecule has 4 N–H and O–H groups in total. The van der Waals surface area contributed by atoms with Crippen LogP contribution in [0, 0.1) is 5.41 Å². The van der Waals surface area contributed by atoms with Crippen LogP contribution in [-0.2, 0) is 14.3 Å². The molecule has 0 aliphatic rings. The van der Waals surface area contributed by atoms with E-state index in [1.54, 1.807) is 23.6 Å². The molecule has 0 saturated heterocycles. The molecule has 0 amide bonds. The van der Waals surface area contributed by atoms with Gasteiger partial charge in [-0.1, -0.05) is 18.2 Å². The Balaban J connectivity index is 2.93. The van der Waals surface area contributed by atoms with Crippen molar-refractivity contribution >= 4 is 16.1 Å². The number of hydrogen-bond acceptors (Lipinski definition) is 5. The number of rotatable bonds is 2. The van der Waals surface area contributed by atoms with Gasteiger partial charge < -0.3 is 4.18 Å². The van der Waals surface area contributed by atoms with Crippen LogP contribution in [0.4, 0.5) is 0 Å². The smallest absolute Gasteiger partial charge is 0.341 e. The van der Waals surface area contributed by atoms with Gasteiger partial charge in [-0.15, -0.1) is 0 Å². The van der Waals surface area contributed by atoms with Crippen LogP contribution >= 0.6 is 0 Å². The molecule has 1 aromatic rings. The standard InChI is InChI=1S/C7H9N3O3S/c8-7(10-9)13-14(11,12)6-4-2-1-3-5-6/h1-5H,9H2,(H2,8,10). The summed E-state index contributed by atoms with van der Waals surface area (Å²) < 4.78 is 27.0. The number of hydrogen-bond donors (Lipinski definition) is 3. The molecule has 14 heavy (non-hydrogen) atoms. The van der Waals surface area contributed by atoms with E-state index in [0.717, 1.165) is 0 Å². The molecule has 0 bridgehead atoms. The van der Waals surface area contributed by atoms with Crippen molar-refractivity contribution in [2.24, 2.45) is 5.84 Å². The zero-order valence-electron chi connectivity index (χ0n) is 7.10. The number of hydrazine groups is 1. The van der Waals surface area contributed by atoms with Crippen molar-refractivity contribution in [2.75, 3.05) is 0 Å². The molecule has 1 aromatic carbocycles. The summed E-state index contributed by atoms with van der Waals surface area (Å²) >= 11 is 0. The first-order valence-electron chi connectivity index (χ1n) is 3.61. The second-order valence-corrected chi connectivity index (χ2v) is 3.87. The van der Waals surface area contributed by atoms with Gasteiger partial charge in [-0.25, -0.2) is 11.3 Å². The highest BCUT2D eigenvalue weighted by Gasteiger charge is 2.16. The van der Waals surface area contributed by atoms with Gasteiger partial charge in [-0.3, -0.25) is 5.43 Å². The minimum absolute atomic E-state index is 0.0278. The third-order valence-corrected chi connectivity index (χ3v) is 2.59. The van der Waals surface area contributed by atoms with Crippen LogP contribution in [0.5, 0.6) is 0 Å². The molecule has 0 spiro atoms. The third kappa shape index (κ3) is 2.44. The van der Waals surface area contributed by atoms with Crippen molar-refractivity contribution in [3.05, 3.63) is 30.3 Å². The van der Waals surface area contributed by atoms with Gasteiger partial charge in [0.25, 0.3) is 0 Å². The fraction of sp³-hybridized carbons (Fsp3) is 0. The number of benzene rings is 1. The Kier molecular flexibility index (Phi) is 3.05. The van der Waals surface area contributed by atoms with Crippen LogP contribution < -0.4 is 11.3 Å². The summed E-state index contributed by atoms with van der Waals surface area (Å²) in [7, 11) is -3.94. The zero-order chi connectivity index (χ0) is 10.6. The number of amidine groups is 1. The van der Waals surface area contributed by atoms with Crippen LogP contribution in [0.15, 0.2) is 35.2 Å². The monoisotopic (exact) mass is 215 g/mol. The first-order valence-corrected chi connectivity index (χ1v) is 5.02. The van der Waals surface area contributed by atoms with Gasteiger partial charge in [0, 0.05) is 0 Å². The van der Waals surface area contributed by atoms with E-state index in [9.17, 15) is 8.42 Å². The van der Waals surface area contributed by atoms with Crippen molar-refractivity contribution in [1.29, 1.82) is 5.41 Å². The number of nitrogens with one attached hydrogen (secondary N) is 2. The van der Waals surface area contributed by atoms with Crippen molar-refractivity contribution in [3.63, 3.8) is 0 Å². The van der Waals surface area contributed by atoms with Crippen molar-refractivity contribution < 1.29 is 12.6 Å². The summed E-state index contributed by atoms with van der Waals surface area (Å²) in [6.45, 7) is 0. The van der Waals surface area contributed by atoms with E-state index in [1.807, 2.05) is 0 Å². The first-order chi connectivity index (χ1) is 6.56. The van der Waals surface area contributed by atoms with E-state index < -0.39 is 16.1 Å². The molecule has 6 nitrogen and oxygen atoms in total. The lowest BCUT2D eigenvalue weighted by Crippen LogP contribution is -2.33. The average molecular weight is 215 g/mol. The maximum absolute atomic E-state index is 11.3. The molecule has 0 aromatic heterocycles. The first kappa shape index (κ1) is 10.5. The van der Waals surface area contributed by atoms with E-state index in [0.29, 0.717) is 0 Å². The lowest BCUT2D eigenvalue weighted by molar-refractivity contribution is 0.465. The summed E-state index contributed by atoms with van der Waals surface area (Å²) in [6, 6.07) is 6.77. The molecule has 0 fully saturated rings. The molecule has 0 unspecified atom stereocenters. The Bertz CT molecular complexity index is 415. The summed E-state index contributed by atoms with van der Waals surface area (Å²) in [4.78, 5) is -0.0278. The molecular weight excluding hydrogens is 206 g/mol. The molecular formula is C7H9N3O3S. The van der Waals surface area contributed by atoms with Gasteiger partial charge >= 0.3 is 16.1 Å². The van der Waals surface area contributed by atoms with Crippen LogP contribution in [0.2, 0.25) is 0 Å². The lowest BCUT2D eigenvalue weighted by atomic mass is 10.4.